The first-order valence-corrected chi connectivity index (χ1v) is 5.39. The molecule has 3 aromatic rings. The minimum absolute atomic E-state index is 0.129. The Kier molecular flexibility index (Phi) is 2.11. The number of hydrogen-bond donors (Lipinski definition) is 1. The maximum Gasteiger partial charge on any atom is 0.157 e. The lowest BCUT2D eigenvalue weighted by molar-refractivity contribution is 0.472. The summed E-state index contributed by atoms with van der Waals surface area (Å²) in [5.41, 5.74) is 2.39. The van der Waals surface area contributed by atoms with Gasteiger partial charge in [0, 0.05) is 11.6 Å². The van der Waals surface area contributed by atoms with Gasteiger partial charge >= 0.3 is 0 Å². The zero-order valence-corrected chi connectivity index (χ0v) is 9.34. The molecule has 0 radical (unpaired) electrons. The van der Waals surface area contributed by atoms with Crippen LogP contribution in [-0.4, -0.2) is 10.1 Å². The van der Waals surface area contributed by atoms with Crippen molar-refractivity contribution in [2.75, 3.05) is 0 Å². The average molecular weight is 225 g/mol. The van der Waals surface area contributed by atoms with Crippen LogP contribution in [0, 0.1) is 6.92 Å². The fraction of sp³-hybridized carbons (Fsp3) is 0.0714. The van der Waals surface area contributed by atoms with E-state index in [1.165, 1.54) is 0 Å². The Bertz CT molecular complexity index is 686. The molecular formula is C14H11NO2. The van der Waals surface area contributed by atoms with Crippen molar-refractivity contribution >= 4 is 11.0 Å². The quantitative estimate of drug-likeness (QED) is 0.689. The van der Waals surface area contributed by atoms with E-state index in [4.69, 9.17) is 4.42 Å². The topological polar surface area (TPSA) is 46.3 Å². The maximum absolute atomic E-state index is 9.74. The van der Waals surface area contributed by atoms with E-state index in [0.717, 1.165) is 16.5 Å². The number of para-hydroxylation sites is 1. The Hall–Kier alpha value is -2.29. The normalized spacial score (nSPS) is 10.9. The second-order valence-electron chi connectivity index (χ2n) is 3.98. The van der Waals surface area contributed by atoms with E-state index < -0.39 is 0 Å². The van der Waals surface area contributed by atoms with Gasteiger partial charge < -0.3 is 9.52 Å². The number of hydrogen-bond acceptors (Lipinski definition) is 3. The molecule has 0 atom stereocenters. The third kappa shape index (κ3) is 1.56. The van der Waals surface area contributed by atoms with Crippen molar-refractivity contribution in [3.63, 3.8) is 0 Å². The maximum atomic E-state index is 9.74. The number of aromatic hydroxyl groups is 1. The smallest absolute Gasteiger partial charge is 0.157 e. The number of aryl methyl sites for hydroxylation is 1. The number of pyridine rings is 1. The van der Waals surface area contributed by atoms with E-state index in [2.05, 4.69) is 4.98 Å². The van der Waals surface area contributed by atoms with Crippen LogP contribution in [0.2, 0.25) is 0 Å². The molecule has 0 fully saturated rings. The Balaban J connectivity index is 2.26. The molecule has 0 amide bonds. The monoisotopic (exact) mass is 225 g/mol. The van der Waals surface area contributed by atoms with Crippen LogP contribution in [0.25, 0.3) is 22.4 Å². The van der Waals surface area contributed by atoms with E-state index in [0.29, 0.717) is 11.5 Å². The highest BCUT2D eigenvalue weighted by molar-refractivity contribution is 5.85. The van der Waals surface area contributed by atoms with Gasteiger partial charge in [0.1, 0.15) is 17.0 Å². The molecule has 0 bridgehead atoms. The van der Waals surface area contributed by atoms with E-state index in [-0.39, 0.29) is 5.75 Å². The number of benzene rings is 1. The minimum atomic E-state index is 0.129. The van der Waals surface area contributed by atoms with Gasteiger partial charge in [-0.1, -0.05) is 18.2 Å². The molecule has 0 unspecified atom stereocenters. The summed E-state index contributed by atoms with van der Waals surface area (Å²) < 4.78 is 5.74. The molecule has 0 aliphatic carbocycles. The molecular weight excluding hydrogens is 214 g/mol. The number of fused-ring (bicyclic) bond motifs is 1. The van der Waals surface area contributed by atoms with E-state index >= 15 is 0 Å². The summed E-state index contributed by atoms with van der Waals surface area (Å²) in [6.45, 7) is 1.99. The summed E-state index contributed by atoms with van der Waals surface area (Å²) in [4.78, 5) is 4.13. The second-order valence-corrected chi connectivity index (χ2v) is 3.98. The summed E-state index contributed by atoms with van der Waals surface area (Å²) in [5.74, 6) is 0.719. The number of furan rings is 1. The van der Waals surface area contributed by atoms with Crippen LogP contribution in [-0.2, 0) is 0 Å². The van der Waals surface area contributed by atoms with Crippen molar-refractivity contribution < 1.29 is 9.52 Å². The molecule has 0 spiro atoms. The van der Waals surface area contributed by atoms with Crippen LogP contribution < -0.4 is 0 Å². The van der Waals surface area contributed by atoms with Crippen LogP contribution in [0.1, 0.15) is 5.56 Å². The Morgan fingerprint density at radius 2 is 2.06 bits per heavy atom. The van der Waals surface area contributed by atoms with Crippen LogP contribution >= 0.6 is 0 Å². The molecule has 2 aromatic heterocycles. The molecule has 0 aliphatic rings. The van der Waals surface area contributed by atoms with Gasteiger partial charge in [0.2, 0.25) is 0 Å². The summed E-state index contributed by atoms with van der Waals surface area (Å²) in [5, 5.41) is 10.8. The predicted octanol–water partition coefficient (Wildman–Crippen LogP) is 3.51. The van der Waals surface area contributed by atoms with E-state index in [1.54, 1.807) is 18.3 Å². The summed E-state index contributed by atoms with van der Waals surface area (Å²) >= 11 is 0. The van der Waals surface area contributed by atoms with Crippen LogP contribution in [0.15, 0.2) is 47.0 Å². The zero-order valence-electron chi connectivity index (χ0n) is 9.34. The largest absolute Gasteiger partial charge is 0.506 e. The average Bonchev–Trinajstić information content (AvgIpc) is 2.75. The van der Waals surface area contributed by atoms with Crippen molar-refractivity contribution in [1.29, 1.82) is 0 Å². The lowest BCUT2D eigenvalue weighted by Crippen LogP contribution is -1.79. The zero-order chi connectivity index (χ0) is 11.8. The van der Waals surface area contributed by atoms with Gasteiger partial charge in [-0.2, -0.15) is 0 Å². The molecule has 3 heteroatoms. The molecule has 1 aromatic carbocycles. The highest BCUT2D eigenvalue weighted by Gasteiger charge is 2.11. The summed E-state index contributed by atoms with van der Waals surface area (Å²) in [6, 6.07) is 11.1. The van der Waals surface area contributed by atoms with Gasteiger partial charge in [-0.05, 0) is 30.7 Å². The van der Waals surface area contributed by atoms with Gasteiger partial charge in [0.25, 0.3) is 0 Å². The SMILES string of the molecule is Cc1cccc2cc(-c3ncccc3O)oc12. The van der Waals surface area contributed by atoms with Gasteiger partial charge in [-0.3, -0.25) is 0 Å². The van der Waals surface area contributed by atoms with Crippen molar-refractivity contribution in [3.05, 3.63) is 48.2 Å². The molecule has 0 aliphatic heterocycles. The number of aromatic nitrogens is 1. The standard InChI is InChI=1S/C14H11NO2/c1-9-4-2-5-10-8-12(17-14(9)10)13-11(16)6-3-7-15-13/h2-8,16H,1H3. The molecule has 0 saturated heterocycles. The fourth-order valence-corrected chi connectivity index (χ4v) is 1.91. The molecule has 3 nitrogen and oxygen atoms in total. The third-order valence-electron chi connectivity index (χ3n) is 2.76. The summed E-state index contributed by atoms with van der Waals surface area (Å²) in [7, 11) is 0. The Labute approximate surface area is 98.3 Å². The van der Waals surface area contributed by atoms with Crippen molar-refractivity contribution in [3.8, 4) is 17.2 Å². The first-order chi connectivity index (χ1) is 8.25. The second kappa shape index (κ2) is 3.63. The van der Waals surface area contributed by atoms with Crippen molar-refractivity contribution in [1.82, 2.24) is 4.98 Å². The first kappa shape index (κ1) is 9.90. The van der Waals surface area contributed by atoms with Gasteiger partial charge in [0.15, 0.2) is 5.76 Å². The number of rotatable bonds is 1. The molecule has 3 rings (SSSR count). The molecule has 0 saturated carbocycles. The molecule has 1 N–H and O–H groups in total. The summed E-state index contributed by atoms with van der Waals surface area (Å²) in [6.07, 6.45) is 1.63. The molecule has 17 heavy (non-hydrogen) atoms. The van der Waals surface area contributed by atoms with Crippen LogP contribution in [0.3, 0.4) is 0 Å². The first-order valence-electron chi connectivity index (χ1n) is 5.39. The van der Waals surface area contributed by atoms with Crippen LogP contribution in [0.4, 0.5) is 0 Å². The Morgan fingerprint density at radius 3 is 2.82 bits per heavy atom. The lowest BCUT2D eigenvalue weighted by atomic mass is 10.2. The predicted molar refractivity (Wildman–Crippen MR) is 65.8 cm³/mol. The highest BCUT2D eigenvalue weighted by Crippen LogP contribution is 2.32. The van der Waals surface area contributed by atoms with Crippen LogP contribution in [0.5, 0.6) is 5.75 Å². The van der Waals surface area contributed by atoms with Gasteiger partial charge in [-0.15, -0.1) is 0 Å². The minimum Gasteiger partial charge on any atom is -0.506 e. The van der Waals surface area contributed by atoms with E-state index in [1.807, 2.05) is 31.2 Å². The van der Waals surface area contributed by atoms with Gasteiger partial charge in [0.05, 0.1) is 0 Å². The fourth-order valence-electron chi connectivity index (χ4n) is 1.91. The lowest BCUT2D eigenvalue weighted by Gasteiger charge is -1.98. The number of nitrogens with zero attached hydrogens (tertiary/aromatic N) is 1. The van der Waals surface area contributed by atoms with Gasteiger partial charge in [-0.25, -0.2) is 4.98 Å². The Morgan fingerprint density at radius 1 is 1.18 bits per heavy atom. The molecule has 2 heterocycles. The third-order valence-corrected chi connectivity index (χ3v) is 2.76. The van der Waals surface area contributed by atoms with E-state index in [9.17, 15) is 5.11 Å². The highest BCUT2D eigenvalue weighted by atomic mass is 16.3. The molecule has 84 valence electrons. The van der Waals surface area contributed by atoms with Crippen molar-refractivity contribution in [2.24, 2.45) is 0 Å². The van der Waals surface area contributed by atoms with Crippen molar-refractivity contribution in [2.45, 2.75) is 6.92 Å².